The van der Waals surface area contributed by atoms with Crippen molar-refractivity contribution in [2.24, 2.45) is 0 Å². The number of aromatic nitrogens is 1. The molecule has 130 valence electrons. The van der Waals surface area contributed by atoms with Crippen LogP contribution in [-0.4, -0.2) is 32.8 Å². The van der Waals surface area contributed by atoms with E-state index in [1.54, 1.807) is 18.2 Å². The van der Waals surface area contributed by atoms with Gasteiger partial charge in [0, 0.05) is 36.1 Å². The number of phenolic OH excluding ortho intramolecular Hbond substituents is 3. The molecule has 0 spiro atoms. The summed E-state index contributed by atoms with van der Waals surface area (Å²) >= 11 is 0. The van der Waals surface area contributed by atoms with Gasteiger partial charge in [0.2, 0.25) is 5.91 Å². The van der Waals surface area contributed by atoms with Gasteiger partial charge in [-0.05, 0) is 48.2 Å². The number of aromatic hydroxyl groups is 3. The van der Waals surface area contributed by atoms with Crippen molar-refractivity contribution >= 4 is 16.8 Å². The molecule has 0 saturated heterocycles. The fraction of sp³-hybridized carbons (Fsp3) is 0.211. The molecule has 0 atom stereocenters. The third-order valence-electron chi connectivity index (χ3n) is 4.15. The first-order chi connectivity index (χ1) is 12.0. The summed E-state index contributed by atoms with van der Waals surface area (Å²) in [4.78, 5) is 15.0. The SMILES string of the molecule is O=C(CCc1ccc(O)c(O)c1)NCCc1c[nH]c2cc(O)ccc12. The fourth-order valence-electron chi connectivity index (χ4n) is 2.79. The van der Waals surface area contributed by atoms with Crippen molar-refractivity contribution in [1.82, 2.24) is 10.3 Å². The topological polar surface area (TPSA) is 106 Å². The summed E-state index contributed by atoms with van der Waals surface area (Å²) in [6, 6.07) is 9.73. The van der Waals surface area contributed by atoms with Gasteiger partial charge in [-0.2, -0.15) is 0 Å². The highest BCUT2D eigenvalue weighted by Crippen LogP contribution is 2.25. The Kier molecular flexibility index (Phi) is 4.79. The van der Waals surface area contributed by atoms with Crippen LogP contribution in [0, 0.1) is 0 Å². The minimum atomic E-state index is -0.178. The molecule has 5 N–H and O–H groups in total. The van der Waals surface area contributed by atoms with Gasteiger partial charge in [-0.25, -0.2) is 0 Å². The lowest BCUT2D eigenvalue weighted by molar-refractivity contribution is -0.121. The number of phenols is 3. The first-order valence-corrected chi connectivity index (χ1v) is 8.09. The second kappa shape index (κ2) is 7.17. The Labute approximate surface area is 144 Å². The molecule has 0 bridgehead atoms. The molecular weight excluding hydrogens is 320 g/mol. The number of aryl methyl sites for hydroxylation is 1. The van der Waals surface area contributed by atoms with Gasteiger partial charge in [0.25, 0.3) is 0 Å². The van der Waals surface area contributed by atoms with E-state index in [1.807, 2.05) is 12.3 Å². The molecule has 6 nitrogen and oxygen atoms in total. The average molecular weight is 340 g/mol. The molecule has 0 aliphatic rings. The number of hydrogen-bond acceptors (Lipinski definition) is 4. The van der Waals surface area contributed by atoms with Crippen molar-refractivity contribution in [3.05, 3.63) is 53.7 Å². The van der Waals surface area contributed by atoms with E-state index in [9.17, 15) is 20.1 Å². The van der Waals surface area contributed by atoms with Crippen molar-refractivity contribution in [3.63, 3.8) is 0 Å². The van der Waals surface area contributed by atoms with Gasteiger partial charge in [-0.3, -0.25) is 4.79 Å². The maximum Gasteiger partial charge on any atom is 0.220 e. The summed E-state index contributed by atoms with van der Waals surface area (Å²) < 4.78 is 0. The molecule has 2 aromatic carbocycles. The number of rotatable bonds is 6. The predicted octanol–water partition coefficient (Wildman–Crippen LogP) is 2.58. The maximum atomic E-state index is 11.9. The predicted molar refractivity (Wildman–Crippen MR) is 94.8 cm³/mol. The van der Waals surface area contributed by atoms with E-state index in [2.05, 4.69) is 10.3 Å². The molecule has 3 aromatic rings. The molecule has 1 heterocycles. The quantitative estimate of drug-likeness (QED) is 0.445. The van der Waals surface area contributed by atoms with E-state index in [0.717, 1.165) is 22.0 Å². The van der Waals surface area contributed by atoms with Crippen molar-refractivity contribution in [2.75, 3.05) is 6.54 Å². The summed E-state index contributed by atoms with van der Waals surface area (Å²) in [5.74, 6) is -0.192. The minimum absolute atomic E-state index is 0.0648. The van der Waals surface area contributed by atoms with Crippen LogP contribution in [0.5, 0.6) is 17.2 Å². The second-order valence-electron chi connectivity index (χ2n) is 5.97. The van der Waals surface area contributed by atoms with Crippen molar-refractivity contribution in [3.8, 4) is 17.2 Å². The molecule has 0 unspecified atom stereocenters. The Balaban J connectivity index is 1.48. The number of H-pyrrole nitrogens is 1. The van der Waals surface area contributed by atoms with Crippen LogP contribution < -0.4 is 5.32 Å². The first kappa shape index (κ1) is 16.7. The lowest BCUT2D eigenvalue weighted by atomic mass is 10.1. The Morgan fingerprint density at radius 2 is 1.84 bits per heavy atom. The summed E-state index contributed by atoms with van der Waals surface area (Å²) in [5, 5.41) is 32.1. The molecular formula is C19H20N2O4. The van der Waals surface area contributed by atoms with Crippen LogP contribution in [0.4, 0.5) is 0 Å². The summed E-state index contributed by atoms with van der Waals surface area (Å²) in [5.41, 5.74) is 2.74. The van der Waals surface area contributed by atoms with Crippen LogP contribution in [0.2, 0.25) is 0 Å². The Hall–Kier alpha value is -3.15. The van der Waals surface area contributed by atoms with Gasteiger partial charge in [0.05, 0.1) is 0 Å². The molecule has 0 saturated carbocycles. The van der Waals surface area contributed by atoms with E-state index in [-0.39, 0.29) is 23.2 Å². The normalized spacial score (nSPS) is 10.9. The molecule has 25 heavy (non-hydrogen) atoms. The number of fused-ring (bicyclic) bond motifs is 1. The zero-order valence-corrected chi connectivity index (χ0v) is 13.6. The van der Waals surface area contributed by atoms with E-state index in [4.69, 9.17) is 0 Å². The highest BCUT2D eigenvalue weighted by atomic mass is 16.3. The van der Waals surface area contributed by atoms with Gasteiger partial charge in [0.15, 0.2) is 11.5 Å². The zero-order chi connectivity index (χ0) is 17.8. The van der Waals surface area contributed by atoms with Crippen molar-refractivity contribution in [2.45, 2.75) is 19.3 Å². The lowest BCUT2D eigenvalue weighted by Crippen LogP contribution is -2.25. The third-order valence-corrected chi connectivity index (χ3v) is 4.15. The zero-order valence-electron chi connectivity index (χ0n) is 13.6. The molecule has 1 aromatic heterocycles. The standard InChI is InChI=1S/C19H20N2O4/c22-14-3-4-15-13(11-21-16(15)10-14)7-8-20-19(25)6-2-12-1-5-17(23)18(24)9-12/h1,3-5,9-11,21-24H,2,6-8H2,(H,20,25). The number of amides is 1. The smallest absolute Gasteiger partial charge is 0.220 e. The molecule has 3 rings (SSSR count). The molecule has 0 aliphatic carbocycles. The summed E-state index contributed by atoms with van der Waals surface area (Å²) in [6.45, 7) is 0.521. The van der Waals surface area contributed by atoms with Gasteiger partial charge >= 0.3 is 0 Å². The molecule has 6 heteroatoms. The number of nitrogens with one attached hydrogen (secondary N) is 2. The van der Waals surface area contributed by atoms with E-state index >= 15 is 0 Å². The largest absolute Gasteiger partial charge is 0.508 e. The van der Waals surface area contributed by atoms with Crippen LogP contribution in [-0.2, 0) is 17.6 Å². The van der Waals surface area contributed by atoms with Gasteiger partial charge in [-0.15, -0.1) is 0 Å². The van der Waals surface area contributed by atoms with Crippen LogP contribution in [0.15, 0.2) is 42.6 Å². The molecule has 0 fully saturated rings. The van der Waals surface area contributed by atoms with Crippen LogP contribution in [0.3, 0.4) is 0 Å². The van der Waals surface area contributed by atoms with Crippen LogP contribution in [0.1, 0.15) is 17.5 Å². The van der Waals surface area contributed by atoms with Crippen LogP contribution >= 0.6 is 0 Å². The van der Waals surface area contributed by atoms with E-state index < -0.39 is 0 Å². The maximum absolute atomic E-state index is 11.9. The van der Waals surface area contributed by atoms with Crippen molar-refractivity contribution < 1.29 is 20.1 Å². The number of aromatic amines is 1. The Bertz CT molecular complexity index is 902. The molecule has 0 radical (unpaired) electrons. The van der Waals surface area contributed by atoms with Crippen molar-refractivity contribution in [1.29, 1.82) is 0 Å². The number of benzene rings is 2. The van der Waals surface area contributed by atoms with E-state index in [1.165, 1.54) is 12.1 Å². The molecule has 1 amide bonds. The second-order valence-corrected chi connectivity index (χ2v) is 5.97. The Morgan fingerprint density at radius 1 is 1.00 bits per heavy atom. The van der Waals surface area contributed by atoms with Gasteiger partial charge < -0.3 is 25.6 Å². The van der Waals surface area contributed by atoms with Crippen LogP contribution in [0.25, 0.3) is 10.9 Å². The summed E-state index contributed by atoms with van der Waals surface area (Å²) in [7, 11) is 0. The minimum Gasteiger partial charge on any atom is -0.508 e. The van der Waals surface area contributed by atoms with E-state index in [0.29, 0.717) is 25.8 Å². The third kappa shape index (κ3) is 4.03. The lowest BCUT2D eigenvalue weighted by Gasteiger charge is -2.06. The molecule has 0 aliphatic heterocycles. The fourth-order valence-corrected chi connectivity index (χ4v) is 2.79. The van der Waals surface area contributed by atoms with Gasteiger partial charge in [0.1, 0.15) is 5.75 Å². The number of carbonyl (C=O) groups excluding carboxylic acids is 1. The average Bonchev–Trinajstić information content (AvgIpc) is 2.98. The summed E-state index contributed by atoms with van der Waals surface area (Å²) in [6.07, 6.45) is 3.38. The highest BCUT2D eigenvalue weighted by Gasteiger charge is 2.07. The monoisotopic (exact) mass is 340 g/mol. The number of hydrogen-bond donors (Lipinski definition) is 5. The number of carbonyl (C=O) groups is 1. The Morgan fingerprint density at radius 3 is 2.64 bits per heavy atom. The van der Waals surface area contributed by atoms with Gasteiger partial charge in [-0.1, -0.05) is 6.07 Å². The first-order valence-electron chi connectivity index (χ1n) is 8.09. The highest BCUT2D eigenvalue weighted by molar-refractivity contribution is 5.84.